The van der Waals surface area contributed by atoms with Crippen molar-refractivity contribution in [3.05, 3.63) is 223 Å². The highest BCUT2D eigenvalue weighted by Gasteiger charge is 2.38. The van der Waals surface area contributed by atoms with Crippen LogP contribution in [0.15, 0.2) is 205 Å². The normalized spacial score (nSPS) is 13.5. The summed E-state index contributed by atoms with van der Waals surface area (Å²) in [4.78, 5) is 2.40. The maximum Gasteiger partial charge on any atom is 0.137 e. The Morgan fingerprint density at radius 3 is 2.12 bits per heavy atom. The summed E-state index contributed by atoms with van der Waals surface area (Å²) in [6.45, 7) is 11.1. The number of para-hydroxylation sites is 1. The van der Waals surface area contributed by atoms with Crippen molar-refractivity contribution in [3.8, 4) is 22.3 Å². The van der Waals surface area contributed by atoms with E-state index < -0.39 is 0 Å². The molecule has 278 valence electrons. The number of hydrogen-bond donors (Lipinski definition) is 0. The second kappa shape index (κ2) is 14.1. The molecule has 0 radical (unpaired) electrons. The van der Waals surface area contributed by atoms with Gasteiger partial charge in [0.25, 0.3) is 0 Å². The molecule has 1 heterocycles. The van der Waals surface area contributed by atoms with E-state index in [0.717, 1.165) is 50.1 Å². The molecule has 0 bridgehead atoms. The topological polar surface area (TPSA) is 16.4 Å². The van der Waals surface area contributed by atoms with Crippen LogP contribution in [0.3, 0.4) is 0 Å². The third kappa shape index (κ3) is 5.97. The highest BCUT2D eigenvalue weighted by Crippen LogP contribution is 2.54. The van der Waals surface area contributed by atoms with Gasteiger partial charge in [-0.25, -0.2) is 0 Å². The van der Waals surface area contributed by atoms with Crippen LogP contribution < -0.4 is 4.90 Å². The lowest BCUT2D eigenvalue weighted by molar-refractivity contribution is 0.660. The van der Waals surface area contributed by atoms with Gasteiger partial charge in [0.2, 0.25) is 0 Å². The van der Waals surface area contributed by atoms with Gasteiger partial charge >= 0.3 is 0 Å². The van der Waals surface area contributed by atoms with E-state index in [1.807, 2.05) is 18.2 Å². The number of allylic oxidation sites excluding steroid dienone is 5. The molecule has 1 aromatic heterocycles. The summed E-state index contributed by atoms with van der Waals surface area (Å²) in [7, 11) is 0. The Morgan fingerprint density at radius 1 is 0.552 bits per heavy atom. The molecule has 58 heavy (non-hydrogen) atoms. The van der Waals surface area contributed by atoms with Gasteiger partial charge in [0.1, 0.15) is 11.2 Å². The molecule has 1 aliphatic rings. The average Bonchev–Trinajstić information content (AvgIpc) is 3.76. The number of hydrogen-bond acceptors (Lipinski definition) is 2. The molecule has 8 aromatic carbocycles. The van der Waals surface area contributed by atoms with Crippen molar-refractivity contribution in [1.29, 1.82) is 0 Å². The minimum Gasteiger partial charge on any atom is -0.456 e. The number of furan rings is 1. The number of anilines is 3. The fourth-order valence-electron chi connectivity index (χ4n) is 9.00. The van der Waals surface area contributed by atoms with Gasteiger partial charge in [-0.3, -0.25) is 0 Å². The molecule has 0 saturated heterocycles. The van der Waals surface area contributed by atoms with Crippen LogP contribution in [0.2, 0.25) is 0 Å². The molecule has 10 rings (SSSR count). The molecule has 2 nitrogen and oxygen atoms in total. The number of benzene rings is 8. The van der Waals surface area contributed by atoms with E-state index in [0.29, 0.717) is 0 Å². The average molecular weight is 746 g/mol. The second-order valence-corrected chi connectivity index (χ2v) is 15.8. The molecule has 0 amide bonds. The Balaban J connectivity index is 1.02. The van der Waals surface area contributed by atoms with Crippen LogP contribution in [0.25, 0.3) is 66.1 Å². The Kier molecular flexibility index (Phi) is 8.57. The summed E-state index contributed by atoms with van der Waals surface area (Å²) in [6, 6.07) is 63.3. The van der Waals surface area contributed by atoms with Crippen LogP contribution in [-0.4, -0.2) is 0 Å². The predicted octanol–water partition coefficient (Wildman–Crippen LogP) is 15.9. The first-order chi connectivity index (χ1) is 28.4. The quantitative estimate of drug-likeness (QED) is 0.144. The molecule has 0 saturated carbocycles. The summed E-state index contributed by atoms with van der Waals surface area (Å²) in [6.07, 6.45) is 6.32. The van der Waals surface area contributed by atoms with E-state index in [2.05, 4.69) is 208 Å². The zero-order valence-electron chi connectivity index (χ0n) is 33.0. The Hall–Kier alpha value is -7.16. The number of nitrogens with zero attached hydrogens (tertiary/aromatic N) is 1. The first-order valence-electron chi connectivity index (χ1n) is 20.0. The van der Waals surface area contributed by atoms with Crippen molar-refractivity contribution in [2.75, 3.05) is 4.90 Å². The zero-order chi connectivity index (χ0) is 39.4. The molecule has 0 aliphatic heterocycles. The summed E-state index contributed by atoms with van der Waals surface area (Å²) in [5, 5.41) is 4.75. The standard InChI is InChI=1S/C56H43NO/c1-5-38(25-24-37(2)41-16-12-17-43(34-41)44-27-26-39-14-6-7-15-42(39)35-44)40-28-30-45(31-29-40)57(46-32-33-49-48-19-9-11-23-53(48)58-54(49)36-46)52-22-13-20-50-47-18-8-10-21-51(47)56(3,4)55(50)52/h5-36H,1H2,2-4H3/b37-24+,38-25+. The molecule has 0 fully saturated rings. The van der Waals surface area contributed by atoms with E-state index in [1.165, 1.54) is 55.3 Å². The van der Waals surface area contributed by atoms with Gasteiger partial charge in [0.05, 0.1) is 5.69 Å². The van der Waals surface area contributed by atoms with Crippen LogP contribution in [0.5, 0.6) is 0 Å². The zero-order valence-corrected chi connectivity index (χ0v) is 33.0. The number of rotatable bonds is 8. The van der Waals surface area contributed by atoms with Gasteiger partial charge in [-0.1, -0.05) is 160 Å². The van der Waals surface area contributed by atoms with Crippen molar-refractivity contribution >= 4 is 60.9 Å². The predicted molar refractivity (Wildman–Crippen MR) is 247 cm³/mol. The van der Waals surface area contributed by atoms with Crippen molar-refractivity contribution in [3.63, 3.8) is 0 Å². The van der Waals surface area contributed by atoms with Gasteiger partial charge in [0, 0.05) is 33.6 Å². The summed E-state index contributed by atoms with van der Waals surface area (Å²) < 4.78 is 6.44. The van der Waals surface area contributed by atoms with Gasteiger partial charge in [-0.15, -0.1) is 0 Å². The second-order valence-electron chi connectivity index (χ2n) is 15.8. The molecule has 0 spiro atoms. The Bertz CT molecular complexity index is 3120. The summed E-state index contributed by atoms with van der Waals surface area (Å²) in [5.74, 6) is 0. The molecule has 9 aromatic rings. The third-order valence-electron chi connectivity index (χ3n) is 12.0. The summed E-state index contributed by atoms with van der Waals surface area (Å²) >= 11 is 0. The van der Waals surface area contributed by atoms with E-state index in [4.69, 9.17) is 4.42 Å². The highest BCUT2D eigenvalue weighted by molar-refractivity contribution is 6.06. The van der Waals surface area contributed by atoms with E-state index >= 15 is 0 Å². The van der Waals surface area contributed by atoms with Crippen molar-refractivity contribution in [2.45, 2.75) is 26.2 Å². The Labute approximate surface area is 340 Å². The highest BCUT2D eigenvalue weighted by atomic mass is 16.3. The maximum atomic E-state index is 6.44. The van der Waals surface area contributed by atoms with Crippen molar-refractivity contribution in [1.82, 2.24) is 0 Å². The minimum atomic E-state index is -0.192. The largest absolute Gasteiger partial charge is 0.456 e. The van der Waals surface area contributed by atoms with Crippen molar-refractivity contribution < 1.29 is 4.42 Å². The molecule has 0 unspecified atom stereocenters. The van der Waals surface area contributed by atoms with E-state index in [1.54, 1.807) is 0 Å². The first kappa shape index (κ1) is 35.3. The van der Waals surface area contributed by atoms with Crippen LogP contribution >= 0.6 is 0 Å². The van der Waals surface area contributed by atoms with Crippen LogP contribution in [0.1, 0.15) is 43.0 Å². The van der Waals surface area contributed by atoms with Crippen LogP contribution in [-0.2, 0) is 5.41 Å². The van der Waals surface area contributed by atoms with Gasteiger partial charge in [0.15, 0.2) is 0 Å². The lowest BCUT2D eigenvalue weighted by atomic mass is 9.81. The van der Waals surface area contributed by atoms with Crippen LogP contribution in [0.4, 0.5) is 17.1 Å². The molecular formula is C56H43NO. The molecule has 0 N–H and O–H groups in total. The SMILES string of the molecule is C=C/C(=C\C=C(/C)c1cccc(-c2ccc3ccccc3c2)c1)c1ccc(N(c2ccc3c(c2)oc2ccccc23)c2cccc3c2C(C)(C)c2ccccc2-3)cc1. The maximum absolute atomic E-state index is 6.44. The van der Waals surface area contributed by atoms with Gasteiger partial charge in [-0.05, 0) is 122 Å². The van der Waals surface area contributed by atoms with Gasteiger partial charge < -0.3 is 9.32 Å². The lowest BCUT2D eigenvalue weighted by Crippen LogP contribution is -2.20. The first-order valence-corrected chi connectivity index (χ1v) is 20.0. The Morgan fingerprint density at radius 2 is 1.26 bits per heavy atom. The fraction of sp³-hybridized carbons (Fsp3) is 0.0714. The lowest BCUT2D eigenvalue weighted by Gasteiger charge is -2.32. The molecule has 0 atom stereocenters. The minimum absolute atomic E-state index is 0.192. The fourth-order valence-corrected chi connectivity index (χ4v) is 9.00. The number of fused-ring (bicyclic) bond motifs is 7. The van der Waals surface area contributed by atoms with Crippen LogP contribution in [0, 0.1) is 0 Å². The smallest absolute Gasteiger partial charge is 0.137 e. The van der Waals surface area contributed by atoms with E-state index in [9.17, 15) is 0 Å². The molecule has 1 aliphatic carbocycles. The molecular weight excluding hydrogens is 703 g/mol. The molecule has 2 heteroatoms. The monoisotopic (exact) mass is 745 g/mol. The van der Waals surface area contributed by atoms with E-state index in [-0.39, 0.29) is 5.41 Å². The third-order valence-corrected chi connectivity index (χ3v) is 12.0. The summed E-state index contributed by atoms with van der Waals surface area (Å²) in [5.41, 5.74) is 17.1. The van der Waals surface area contributed by atoms with Gasteiger partial charge in [-0.2, -0.15) is 0 Å². The van der Waals surface area contributed by atoms with Crippen molar-refractivity contribution in [2.24, 2.45) is 0 Å².